The maximum absolute atomic E-state index is 12.7. The molecule has 0 spiro atoms. The molecule has 1 aromatic carbocycles. The highest BCUT2D eigenvalue weighted by molar-refractivity contribution is 5.61. The van der Waals surface area contributed by atoms with Crippen LogP contribution >= 0.6 is 0 Å². The number of hydrogen-bond donors (Lipinski definition) is 1. The second kappa shape index (κ2) is 6.13. The highest BCUT2D eigenvalue weighted by Crippen LogP contribution is 2.39. The second-order valence-corrected chi connectivity index (χ2v) is 5.48. The molecule has 0 radical (unpaired) electrons. The summed E-state index contributed by atoms with van der Waals surface area (Å²) >= 11 is 0. The summed E-state index contributed by atoms with van der Waals surface area (Å²) in [6, 6.07) is 5.33. The van der Waals surface area contributed by atoms with E-state index in [9.17, 15) is 13.2 Å². The molecule has 0 saturated carbocycles. The van der Waals surface area contributed by atoms with Crippen molar-refractivity contribution < 1.29 is 17.9 Å². The zero-order chi connectivity index (χ0) is 15.6. The largest absolute Gasteiger partial charge is 0.496 e. The van der Waals surface area contributed by atoms with Crippen LogP contribution in [-0.2, 0) is 0 Å². The topological polar surface area (TPSA) is 38.5 Å². The number of methoxy groups -OCH3 is 1. The Morgan fingerprint density at radius 3 is 2.38 bits per heavy atom. The van der Waals surface area contributed by atoms with E-state index < -0.39 is 12.1 Å². The molecule has 3 nitrogen and oxygen atoms in total. The number of alkyl halides is 3. The number of hydrogen-bond acceptors (Lipinski definition) is 3. The van der Waals surface area contributed by atoms with Crippen molar-refractivity contribution in [2.75, 3.05) is 25.1 Å². The molecule has 1 atom stereocenters. The van der Waals surface area contributed by atoms with Crippen LogP contribution in [0.2, 0.25) is 0 Å². The molecule has 0 aliphatic carbocycles. The third-order valence-electron chi connectivity index (χ3n) is 4.02. The summed E-state index contributed by atoms with van der Waals surface area (Å²) in [6.45, 7) is 2.62. The Hall–Kier alpha value is -1.43. The van der Waals surface area contributed by atoms with Crippen LogP contribution in [0, 0.1) is 5.92 Å². The molecule has 0 unspecified atom stereocenters. The van der Waals surface area contributed by atoms with Crippen LogP contribution in [0.4, 0.5) is 18.9 Å². The van der Waals surface area contributed by atoms with Crippen molar-refractivity contribution in [2.45, 2.75) is 32.0 Å². The number of benzene rings is 1. The lowest BCUT2D eigenvalue weighted by molar-refractivity contribution is -0.179. The standard InChI is InChI=1S/C15H21F3N2O/c1-10(19)14-12(4-3-5-13(14)21-2)20-8-6-11(7-9-20)15(16,17)18/h3-5,10-11H,6-9,19H2,1-2H3/t10-/m0/s1. The molecule has 0 amide bonds. The van der Waals surface area contributed by atoms with E-state index in [4.69, 9.17) is 10.5 Å². The van der Waals surface area contributed by atoms with Crippen molar-refractivity contribution in [1.82, 2.24) is 0 Å². The van der Waals surface area contributed by atoms with Gasteiger partial charge in [0.05, 0.1) is 13.0 Å². The fourth-order valence-corrected chi connectivity index (χ4v) is 2.89. The third kappa shape index (κ3) is 3.43. The van der Waals surface area contributed by atoms with E-state index in [2.05, 4.69) is 0 Å². The van der Waals surface area contributed by atoms with Crippen LogP contribution in [0.5, 0.6) is 5.75 Å². The zero-order valence-electron chi connectivity index (χ0n) is 12.3. The summed E-state index contributed by atoms with van der Waals surface area (Å²) in [5.74, 6) is -0.515. The van der Waals surface area contributed by atoms with Crippen molar-refractivity contribution in [1.29, 1.82) is 0 Å². The maximum atomic E-state index is 12.7. The fraction of sp³-hybridized carbons (Fsp3) is 0.600. The Morgan fingerprint density at radius 1 is 1.29 bits per heavy atom. The molecule has 1 aliphatic heterocycles. The van der Waals surface area contributed by atoms with Gasteiger partial charge in [0, 0.05) is 30.4 Å². The Bertz CT molecular complexity index is 480. The van der Waals surface area contributed by atoms with Gasteiger partial charge in [-0.25, -0.2) is 0 Å². The molecule has 0 aromatic heterocycles. The first-order valence-electron chi connectivity index (χ1n) is 7.08. The second-order valence-electron chi connectivity index (χ2n) is 5.48. The average molecular weight is 302 g/mol. The average Bonchev–Trinajstić information content (AvgIpc) is 2.45. The molecule has 0 bridgehead atoms. The lowest BCUT2D eigenvalue weighted by Gasteiger charge is -2.36. The lowest BCUT2D eigenvalue weighted by Crippen LogP contribution is -2.39. The third-order valence-corrected chi connectivity index (χ3v) is 4.02. The number of nitrogens with two attached hydrogens (primary N) is 1. The van der Waals surface area contributed by atoms with Gasteiger partial charge in [0.1, 0.15) is 5.75 Å². The van der Waals surface area contributed by atoms with E-state index in [0.717, 1.165) is 11.3 Å². The predicted molar refractivity (Wildman–Crippen MR) is 76.6 cm³/mol. The zero-order valence-corrected chi connectivity index (χ0v) is 12.3. The number of ether oxygens (including phenoxy) is 1. The summed E-state index contributed by atoms with van der Waals surface area (Å²) in [5, 5.41) is 0. The summed E-state index contributed by atoms with van der Waals surface area (Å²) in [7, 11) is 1.57. The lowest BCUT2D eigenvalue weighted by atomic mass is 9.94. The predicted octanol–water partition coefficient (Wildman–Crippen LogP) is 3.49. The van der Waals surface area contributed by atoms with Gasteiger partial charge in [0.25, 0.3) is 0 Å². The molecule has 1 heterocycles. The molecule has 21 heavy (non-hydrogen) atoms. The summed E-state index contributed by atoms with van der Waals surface area (Å²) < 4.78 is 43.5. The molecule has 6 heteroatoms. The van der Waals surface area contributed by atoms with Crippen LogP contribution in [0.15, 0.2) is 18.2 Å². The van der Waals surface area contributed by atoms with Gasteiger partial charge >= 0.3 is 6.18 Å². The van der Waals surface area contributed by atoms with Crippen LogP contribution in [0.25, 0.3) is 0 Å². The van der Waals surface area contributed by atoms with Gasteiger partial charge in [-0.05, 0) is 31.9 Å². The van der Waals surface area contributed by atoms with E-state index in [1.807, 2.05) is 30.0 Å². The number of nitrogens with zero attached hydrogens (tertiary/aromatic N) is 1. The van der Waals surface area contributed by atoms with E-state index in [-0.39, 0.29) is 18.9 Å². The highest BCUT2D eigenvalue weighted by Gasteiger charge is 2.41. The molecular formula is C15H21F3N2O. The molecule has 1 aromatic rings. The minimum atomic E-state index is -4.09. The normalized spacial score (nSPS) is 18.7. The van der Waals surface area contributed by atoms with Gasteiger partial charge < -0.3 is 15.4 Å². The minimum absolute atomic E-state index is 0.124. The molecule has 1 saturated heterocycles. The van der Waals surface area contributed by atoms with Crippen LogP contribution < -0.4 is 15.4 Å². The first-order chi connectivity index (χ1) is 9.84. The van der Waals surface area contributed by atoms with Gasteiger partial charge in [0.2, 0.25) is 0 Å². The van der Waals surface area contributed by atoms with Crippen molar-refractivity contribution in [3.8, 4) is 5.75 Å². The number of rotatable bonds is 3. The first kappa shape index (κ1) is 15.9. The molecular weight excluding hydrogens is 281 g/mol. The minimum Gasteiger partial charge on any atom is -0.496 e. The van der Waals surface area contributed by atoms with Crippen LogP contribution in [-0.4, -0.2) is 26.4 Å². The van der Waals surface area contributed by atoms with Crippen molar-refractivity contribution in [3.05, 3.63) is 23.8 Å². The fourth-order valence-electron chi connectivity index (χ4n) is 2.89. The van der Waals surface area contributed by atoms with Crippen molar-refractivity contribution in [2.24, 2.45) is 11.7 Å². The smallest absolute Gasteiger partial charge is 0.391 e. The SMILES string of the molecule is COc1cccc(N2CCC(C(F)(F)F)CC2)c1[C@H](C)N. The Balaban J connectivity index is 2.21. The monoisotopic (exact) mass is 302 g/mol. The Kier molecular flexibility index (Phi) is 4.66. The summed E-state index contributed by atoms with van der Waals surface area (Å²) in [4.78, 5) is 1.98. The van der Waals surface area contributed by atoms with Gasteiger partial charge in [-0.2, -0.15) is 13.2 Å². The molecule has 1 aliphatic rings. The van der Waals surface area contributed by atoms with Gasteiger partial charge in [-0.1, -0.05) is 6.07 Å². The molecule has 1 fully saturated rings. The first-order valence-corrected chi connectivity index (χ1v) is 7.08. The number of anilines is 1. The quantitative estimate of drug-likeness (QED) is 0.929. The molecule has 118 valence electrons. The Morgan fingerprint density at radius 2 is 1.90 bits per heavy atom. The van der Waals surface area contributed by atoms with Crippen LogP contribution in [0.3, 0.4) is 0 Å². The van der Waals surface area contributed by atoms with E-state index in [0.29, 0.717) is 18.8 Å². The van der Waals surface area contributed by atoms with Crippen molar-refractivity contribution >= 4 is 5.69 Å². The highest BCUT2D eigenvalue weighted by atomic mass is 19.4. The summed E-state index contributed by atoms with van der Waals surface area (Å²) in [5.41, 5.74) is 7.74. The van der Waals surface area contributed by atoms with E-state index in [1.54, 1.807) is 7.11 Å². The van der Waals surface area contributed by atoms with Crippen molar-refractivity contribution in [3.63, 3.8) is 0 Å². The molecule has 2 N–H and O–H groups in total. The van der Waals surface area contributed by atoms with Gasteiger partial charge in [-0.3, -0.25) is 0 Å². The number of piperidine rings is 1. The van der Waals surface area contributed by atoms with Crippen LogP contribution in [0.1, 0.15) is 31.4 Å². The van der Waals surface area contributed by atoms with E-state index >= 15 is 0 Å². The Labute approximate surface area is 122 Å². The van der Waals surface area contributed by atoms with E-state index in [1.165, 1.54) is 0 Å². The maximum Gasteiger partial charge on any atom is 0.391 e. The van der Waals surface area contributed by atoms with Gasteiger partial charge in [-0.15, -0.1) is 0 Å². The molecule has 2 rings (SSSR count). The number of halogens is 3. The van der Waals surface area contributed by atoms with Gasteiger partial charge in [0.15, 0.2) is 0 Å². The summed E-state index contributed by atoms with van der Waals surface area (Å²) in [6.07, 6.45) is -3.84.